The van der Waals surface area contributed by atoms with Gasteiger partial charge >= 0.3 is 0 Å². The van der Waals surface area contributed by atoms with Crippen molar-refractivity contribution in [1.29, 1.82) is 0 Å². The van der Waals surface area contributed by atoms with Crippen LogP contribution in [0, 0.1) is 5.82 Å². The van der Waals surface area contributed by atoms with E-state index in [0.717, 1.165) is 45.3 Å². The van der Waals surface area contributed by atoms with Crippen molar-refractivity contribution in [2.45, 2.75) is 35.1 Å². The van der Waals surface area contributed by atoms with E-state index >= 15 is 0 Å². The molecule has 0 spiro atoms. The van der Waals surface area contributed by atoms with Crippen LogP contribution < -0.4 is 10.1 Å². The van der Waals surface area contributed by atoms with Crippen LogP contribution in [0.15, 0.2) is 70.6 Å². The van der Waals surface area contributed by atoms with E-state index in [-0.39, 0.29) is 5.82 Å². The fourth-order valence-corrected chi connectivity index (χ4v) is 3.87. The predicted octanol–water partition coefficient (Wildman–Crippen LogP) is 5.87. The van der Waals surface area contributed by atoms with Crippen molar-refractivity contribution in [2.24, 2.45) is 0 Å². The topological polar surface area (TPSA) is 34.1 Å². The molecule has 1 aliphatic rings. The van der Waals surface area contributed by atoms with E-state index in [1.165, 1.54) is 6.07 Å². The lowest BCUT2D eigenvalue weighted by molar-refractivity contribution is 0.413. The Kier molecular flexibility index (Phi) is 5.30. The number of hydrogen-bond acceptors (Lipinski definition) is 4. The quantitative estimate of drug-likeness (QED) is 0.556. The summed E-state index contributed by atoms with van der Waals surface area (Å²) in [5, 5.41) is 3.35. The van der Waals surface area contributed by atoms with E-state index in [2.05, 4.69) is 10.3 Å². The van der Waals surface area contributed by atoms with Crippen molar-refractivity contribution < 1.29 is 9.13 Å². The van der Waals surface area contributed by atoms with E-state index in [1.54, 1.807) is 24.9 Å². The Morgan fingerprint density at radius 1 is 1.11 bits per heavy atom. The van der Waals surface area contributed by atoms with Gasteiger partial charge in [-0.1, -0.05) is 23.9 Å². The van der Waals surface area contributed by atoms with Crippen LogP contribution in [0.2, 0.25) is 0 Å². The van der Waals surface area contributed by atoms with E-state index in [4.69, 9.17) is 4.74 Å². The van der Waals surface area contributed by atoms with Gasteiger partial charge in [0, 0.05) is 22.5 Å². The first-order valence-corrected chi connectivity index (χ1v) is 9.83. The molecule has 1 aliphatic carbocycles. The molecule has 4 rings (SSSR count). The number of pyridine rings is 1. The highest BCUT2D eigenvalue weighted by atomic mass is 32.2. The minimum absolute atomic E-state index is 0.155. The summed E-state index contributed by atoms with van der Waals surface area (Å²) in [6.07, 6.45) is 4.18. The van der Waals surface area contributed by atoms with Gasteiger partial charge in [0.05, 0.1) is 7.11 Å². The number of methoxy groups -OCH3 is 1. The molecule has 0 saturated heterocycles. The molecule has 0 unspecified atom stereocenters. The summed E-state index contributed by atoms with van der Waals surface area (Å²) >= 11 is 1.64. The second-order valence-corrected chi connectivity index (χ2v) is 7.78. The van der Waals surface area contributed by atoms with Crippen molar-refractivity contribution in [2.75, 3.05) is 12.4 Å². The molecule has 1 heterocycles. The van der Waals surface area contributed by atoms with Crippen molar-refractivity contribution in [3.8, 4) is 5.75 Å². The number of aromatic nitrogens is 1. The first-order valence-electron chi connectivity index (χ1n) is 9.01. The molecule has 5 heteroatoms. The van der Waals surface area contributed by atoms with Crippen molar-refractivity contribution in [1.82, 2.24) is 4.98 Å². The summed E-state index contributed by atoms with van der Waals surface area (Å²) in [7, 11) is 1.67. The fourth-order valence-electron chi connectivity index (χ4n) is 3.03. The van der Waals surface area contributed by atoms with Gasteiger partial charge in [-0.05, 0) is 72.4 Å². The minimum Gasteiger partial charge on any atom is -0.497 e. The lowest BCUT2D eigenvalue weighted by atomic mass is 10.0. The zero-order valence-corrected chi connectivity index (χ0v) is 15.9. The van der Waals surface area contributed by atoms with Gasteiger partial charge in [0.15, 0.2) is 0 Å². The van der Waals surface area contributed by atoms with E-state index in [1.807, 2.05) is 48.7 Å². The summed E-state index contributed by atoms with van der Waals surface area (Å²) in [6, 6.07) is 17.1. The minimum atomic E-state index is -0.155. The van der Waals surface area contributed by atoms with Gasteiger partial charge in [0.25, 0.3) is 0 Å². The number of halogens is 1. The molecule has 1 fully saturated rings. The van der Waals surface area contributed by atoms with Gasteiger partial charge in [-0.25, -0.2) is 9.37 Å². The third-order valence-electron chi connectivity index (χ3n) is 4.60. The maximum absolute atomic E-state index is 13.5. The maximum Gasteiger partial charge on any atom is 0.126 e. The van der Waals surface area contributed by atoms with Crippen LogP contribution in [0.25, 0.3) is 0 Å². The lowest BCUT2D eigenvalue weighted by Crippen LogP contribution is -2.04. The highest BCUT2D eigenvalue weighted by Gasteiger charge is 2.26. The molecule has 138 valence electrons. The van der Waals surface area contributed by atoms with Crippen molar-refractivity contribution in [3.05, 3.63) is 77.7 Å². The molecular formula is C22H21FN2OS. The van der Waals surface area contributed by atoms with E-state index in [0.29, 0.717) is 12.5 Å². The molecule has 27 heavy (non-hydrogen) atoms. The van der Waals surface area contributed by atoms with Gasteiger partial charge in [-0.15, -0.1) is 0 Å². The van der Waals surface area contributed by atoms with Crippen molar-refractivity contribution >= 4 is 17.6 Å². The lowest BCUT2D eigenvalue weighted by Gasteiger charge is -2.11. The third-order valence-corrected chi connectivity index (χ3v) is 5.57. The highest BCUT2D eigenvalue weighted by molar-refractivity contribution is 7.99. The Labute approximate surface area is 163 Å². The molecule has 0 aliphatic heterocycles. The molecule has 1 aromatic heterocycles. The largest absolute Gasteiger partial charge is 0.497 e. The monoisotopic (exact) mass is 380 g/mol. The molecule has 0 bridgehead atoms. The molecule has 1 N–H and O–H groups in total. The van der Waals surface area contributed by atoms with Crippen LogP contribution in [-0.4, -0.2) is 12.1 Å². The van der Waals surface area contributed by atoms with E-state index < -0.39 is 0 Å². The van der Waals surface area contributed by atoms with Crippen molar-refractivity contribution in [3.63, 3.8) is 0 Å². The third kappa shape index (κ3) is 4.61. The van der Waals surface area contributed by atoms with Gasteiger partial charge in [0.1, 0.15) is 17.4 Å². The van der Waals surface area contributed by atoms with Crippen LogP contribution in [0.1, 0.15) is 29.9 Å². The SMILES string of the molecule is COc1cccc(Sc2ccc(NCc3ccc(F)cc3C3CC3)nc2)c1. The summed E-state index contributed by atoms with van der Waals surface area (Å²) in [6.45, 7) is 0.654. The molecule has 1 saturated carbocycles. The first kappa shape index (κ1) is 17.9. The highest BCUT2D eigenvalue weighted by Crippen LogP contribution is 2.42. The molecule has 0 radical (unpaired) electrons. The summed E-state index contributed by atoms with van der Waals surface area (Å²) < 4.78 is 18.8. The number of anilines is 1. The van der Waals surface area contributed by atoms with Gasteiger partial charge in [0.2, 0.25) is 0 Å². The molecule has 3 nitrogen and oxygen atoms in total. The molecule has 0 amide bonds. The van der Waals surface area contributed by atoms with E-state index in [9.17, 15) is 4.39 Å². The van der Waals surface area contributed by atoms with Crippen LogP contribution in [-0.2, 0) is 6.54 Å². The van der Waals surface area contributed by atoms with Gasteiger partial charge < -0.3 is 10.1 Å². The first-order chi connectivity index (χ1) is 13.2. The Morgan fingerprint density at radius 3 is 2.74 bits per heavy atom. The number of hydrogen-bond donors (Lipinski definition) is 1. The average molecular weight is 380 g/mol. The molecule has 0 atom stereocenters. The molecular weight excluding hydrogens is 359 g/mol. The zero-order valence-electron chi connectivity index (χ0n) is 15.1. The number of nitrogens with one attached hydrogen (secondary N) is 1. The number of ether oxygens (including phenoxy) is 1. The molecule has 3 aromatic rings. The predicted molar refractivity (Wildman–Crippen MR) is 107 cm³/mol. The Bertz CT molecular complexity index is 926. The van der Waals surface area contributed by atoms with Gasteiger partial charge in [-0.2, -0.15) is 0 Å². The Morgan fingerprint density at radius 2 is 2.00 bits per heavy atom. The standard InChI is InChI=1S/C22H21FN2OS/c1-26-18-3-2-4-19(12-18)27-20-9-10-22(25-14-20)24-13-16-7-8-17(23)11-21(16)15-5-6-15/h2-4,7-12,14-15H,5-6,13H2,1H3,(H,24,25). The second-order valence-electron chi connectivity index (χ2n) is 6.63. The average Bonchev–Trinajstić information content (AvgIpc) is 3.53. The Balaban J connectivity index is 1.39. The van der Waals surface area contributed by atoms with Crippen LogP contribution >= 0.6 is 11.8 Å². The summed E-state index contributed by atoms with van der Waals surface area (Å²) in [5.41, 5.74) is 2.28. The van der Waals surface area contributed by atoms with Crippen LogP contribution in [0.3, 0.4) is 0 Å². The van der Waals surface area contributed by atoms with Crippen LogP contribution in [0.4, 0.5) is 10.2 Å². The van der Waals surface area contributed by atoms with Gasteiger partial charge in [-0.3, -0.25) is 0 Å². The maximum atomic E-state index is 13.5. The number of nitrogens with zero attached hydrogens (tertiary/aromatic N) is 1. The Hall–Kier alpha value is -2.53. The zero-order chi connectivity index (χ0) is 18.6. The number of rotatable bonds is 7. The molecule has 2 aromatic carbocycles. The number of benzene rings is 2. The normalized spacial score (nSPS) is 13.4. The van der Waals surface area contributed by atoms with Crippen LogP contribution in [0.5, 0.6) is 5.75 Å². The second kappa shape index (κ2) is 8.01. The smallest absolute Gasteiger partial charge is 0.126 e. The summed E-state index contributed by atoms with van der Waals surface area (Å²) in [4.78, 5) is 6.68. The fraction of sp³-hybridized carbons (Fsp3) is 0.227. The summed E-state index contributed by atoms with van der Waals surface area (Å²) in [5.74, 6) is 2.03.